The van der Waals surface area contributed by atoms with Gasteiger partial charge in [-0.2, -0.15) is 0 Å². The minimum absolute atomic E-state index is 0.662. The Morgan fingerprint density at radius 2 is 2.24 bits per heavy atom. The molecule has 2 aromatic heterocycles. The molecule has 0 spiro atoms. The molecule has 0 saturated carbocycles. The molecule has 2 rings (SSSR count). The van der Waals surface area contributed by atoms with Gasteiger partial charge in [0, 0.05) is 19.9 Å². The number of nitrogens with one attached hydrogen (secondary N) is 1. The zero-order valence-electron chi connectivity index (χ0n) is 9.77. The molecule has 0 aliphatic carbocycles. The molecule has 2 aromatic rings. The zero-order valence-corrected chi connectivity index (χ0v) is 11.4. The molecule has 0 atom stereocenters. The Bertz CT molecular complexity index is 468. The lowest BCUT2D eigenvalue weighted by Crippen LogP contribution is -2.06. The van der Waals surface area contributed by atoms with Crippen LogP contribution in [-0.2, 0) is 11.2 Å². The monoisotopic (exact) mass is 270 g/mol. The molecule has 0 amide bonds. The number of thiazole rings is 1. The van der Waals surface area contributed by atoms with E-state index >= 15 is 0 Å². The largest absolute Gasteiger partial charge is 0.383 e. The van der Waals surface area contributed by atoms with Crippen LogP contribution in [0.1, 0.15) is 11.9 Å². The maximum absolute atomic E-state index is 4.96. The van der Waals surface area contributed by atoms with Crippen LogP contribution in [0.2, 0.25) is 0 Å². The predicted molar refractivity (Wildman–Crippen MR) is 70.8 cm³/mol. The van der Waals surface area contributed by atoms with E-state index in [1.807, 2.05) is 6.20 Å². The lowest BCUT2D eigenvalue weighted by Gasteiger charge is -1.98. The molecule has 0 aliphatic heterocycles. The van der Waals surface area contributed by atoms with E-state index in [2.05, 4.69) is 27.4 Å². The van der Waals surface area contributed by atoms with Crippen molar-refractivity contribution in [1.29, 1.82) is 0 Å². The van der Waals surface area contributed by atoms with Crippen molar-refractivity contribution in [3.63, 3.8) is 0 Å². The topological polar surface area (TPSA) is 59.9 Å². The minimum atomic E-state index is 0.662. The maximum Gasteiger partial charge on any atom is 0.206 e. The van der Waals surface area contributed by atoms with E-state index in [0.29, 0.717) is 6.61 Å². The Morgan fingerprint density at radius 1 is 1.35 bits per heavy atom. The zero-order chi connectivity index (χ0) is 12.1. The summed E-state index contributed by atoms with van der Waals surface area (Å²) in [6, 6.07) is 0. The third kappa shape index (κ3) is 3.21. The average Bonchev–Trinajstić information content (AvgIpc) is 2.97. The summed E-state index contributed by atoms with van der Waals surface area (Å²) in [6.07, 6.45) is 2.82. The molecule has 0 aromatic carbocycles. The van der Waals surface area contributed by atoms with Crippen LogP contribution in [0.15, 0.2) is 6.20 Å². The first-order chi connectivity index (χ1) is 8.33. The van der Waals surface area contributed by atoms with E-state index in [4.69, 9.17) is 4.74 Å². The summed E-state index contributed by atoms with van der Waals surface area (Å²) in [5.74, 6) is 0. The first-order valence-electron chi connectivity index (χ1n) is 5.35. The van der Waals surface area contributed by atoms with Gasteiger partial charge >= 0.3 is 0 Å². The number of hydrogen-bond acceptors (Lipinski definition) is 7. The first kappa shape index (κ1) is 12.4. The second-order valence-electron chi connectivity index (χ2n) is 3.30. The third-order valence-corrected chi connectivity index (χ3v) is 4.27. The summed E-state index contributed by atoms with van der Waals surface area (Å²) in [7, 11) is 1.68. The van der Waals surface area contributed by atoms with Gasteiger partial charge in [-0.1, -0.05) is 18.3 Å². The van der Waals surface area contributed by atoms with Crippen molar-refractivity contribution < 1.29 is 4.74 Å². The fourth-order valence-corrected chi connectivity index (χ4v) is 2.89. The van der Waals surface area contributed by atoms with Crippen LogP contribution in [0.5, 0.6) is 0 Å². The summed E-state index contributed by atoms with van der Waals surface area (Å²) in [5.41, 5.74) is 0. The van der Waals surface area contributed by atoms with Gasteiger partial charge < -0.3 is 10.1 Å². The highest BCUT2D eigenvalue weighted by molar-refractivity contribution is 7.23. The Balaban J connectivity index is 2.02. The predicted octanol–water partition coefficient (Wildman–Crippen LogP) is 2.28. The lowest BCUT2D eigenvalue weighted by molar-refractivity contribution is 0.211. The average molecular weight is 270 g/mol. The second-order valence-corrected chi connectivity index (χ2v) is 5.40. The van der Waals surface area contributed by atoms with E-state index in [1.54, 1.807) is 29.8 Å². The number of aryl methyl sites for hydroxylation is 1. The lowest BCUT2D eigenvalue weighted by atomic mass is 10.5. The molecule has 0 bridgehead atoms. The molecule has 0 fully saturated rings. The molecule has 0 radical (unpaired) electrons. The summed E-state index contributed by atoms with van der Waals surface area (Å²) in [4.78, 5) is 5.40. The fraction of sp³-hybridized carbons (Fsp3) is 0.500. The Morgan fingerprint density at radius 3 is 2.94 bits per heavy atom. The van der Waals surface area contributed by atoms with Crippen LogP contribution >= 0.6 is 22.7 Å². The Hall–Kier alpha value is -1.05. The first-order valence-corrected chi connectivity index (χ1v) is 6.98. The number of ether oxygens (including phenoxy) is 1. The fourth-order valence-electron chi connectivity index (χ4n) is 1.23. The summed E-state index contributed by atoms with van der Waals surface area (Å²) in [5, 5.41) is 14.3. The van der Waals surface area contributed by atoms with Gasteiger partial charge in [0.05, 0.1) is 16.5 Å². The Kier molecular flexibility index (Phi) is 4.41. The quantitative estimate of drug-likeness (QED) is 0.816. The highest BCUT2D eigenvalue weighted by atomic mass is 32.1. The number of nitrogens with zero attached hydrogens (tertiary/aromatic N) is 3. The molecule has 17 heavy (non-hydrogen) atoms. The molecule has 0 saturated heterocycles. The molecule has 92 valence electrons. The van der Waals surface area contributed by atoms with Crippen molar-refractivity contribution in [1.82, 2.24) is 15.2 Å². The molecule has 7 heteroatoms. The van der Waals surface area contributed by atoms with Crippen molar-refractivity contribution in [2.24, 2.45) is 0 Å². The van der Waals surface area contributed by atoms with E-state index in [9.17, 15) is 0 Å². The number of rotatable bonds is 6. The number of methoxy groups -OCH3 is 1. The third-order valence-electron chi connectivity index (χ3n) is 2.07. The van der Waals surface area contributed by atoms with Crippen molar-refractivity contribution in [3.8, 4) is 9.88 Å². The molecule has 1 N–H and O–H groups in total. The molecular formula is C10H14N4OS2. The van der Waals surface area contributed by atoms with Gasteiger partial charge in [0.15, 0.2) is 5.01 Å². The normalized spacial score (nSPS) is 10.7. The van der Waals surface area contributed by atoms with Crippen molar-refractivity contribution >= 4 is 27.8 Å². The SMILES string of the molecule is CCc1ncc(-c2nnc(NCCOC)s2)s1. The van der Waals surface area contributed by atoms with Gasteiger partial charge in [0.1, 0.15) is 0 Å². The van der Waals surface area contributed by atoms with Gasteiger partial charge in [-0.25, -0.2) is 4.98 Å². The Labute approximate surface area is 108 Å². The summed E-state index contributed by atoms with van der Waals surface area (Å²) < 4.78 is 4.96. The van der Waals surface area contributed by atoms with Gasteiger partial charge in [-0.15, -0.1) is 21.5 Å². The van der Waals surface area contributed by atoms with Gasteiger partial charge in [0.2, 0.25) is 5.13 Å². The maximum atomic E-state index is 4.96. The molecule has 0 unspecified atom stereocenters. The van der Waals surface area contributed by atoms with Crippen LogP contribution < -0.4 is 5.32 Å². The van der Waals surface area contributed by atoms with Crippen molar-refractivity contribution in [2.75, 3.05) is 25.6 Å². The minimum Gasteiger partial charge on any atom is -0.383 e. The van der Waals surface area contributed by atoms with E-state index in [-0.39, 0.29) is 0 Å². The molecule has 5 nitrogen and oxygen atoms in total. The van der Waals surface area contributed by atoms with Crippen LogP contribution in [-0.4, -0.2) is 35.4 Å². The summed E-state index contributed by atoms with van der Waals surface area (Å²) in [6.45, 7) is 3.50. The van der Waals surface area contributed by atoms with Crippen LogP contribution in [0.4, 0.5) is 5.13 Å². The second kappa shape index (κ2) is 6.04. The van der Waals surface area contributed by atoms with E-state index in [0.717, 1.165) is 33.0 Å². The number of anilines is 1. The van der Waals surface area contributed by atoms with Gasteiger partial charge in [-0.05, 0) is 6.42 Å². The van der Waals surface area contributed by atoms with Crippen LogP contribution in [0, 0.1) is 0 Å². The van der Waals surface area contributed by atoms with Crippen molar-refractivity contribution in [3.05, 3.63) is 11.2 Å². The number of aromatic nitrogens is 3. The molecule has 2 heterocycles. The van der Waals surface area contributed by atoms with Crippen LogP contribution in [0.3, 0.4) is 0 Å². The highest BCUT2D eigenvalue weighted by Gasteiger charge is 2.09. The number of hydrogen-bond donors (Lipinski definition) is 1. The van der Waals surface area contributed by atoms with Crippen molar-refractivity contribution in [2.45, 2.75) is 13.3 Å². The van der Waals surface area contributed by atoms with E-state index in [1.165, 1.54) is 0 Å². The highest BCUT2D eigenvalue weighted by Crippen LogP contribution is 2.30. The smallest absolute Gasteiger partial charge is 0.206 e. The molecular weight excluding hydrogens is 256 g/mol. The standard InChI is InChI=1S/C10H14N4OS2/c1-3-8-12-6-7(16-8)9-13-14-10(17-9)11-4-5-15-2/h6H,3-5H2,1-2H3,(H,11,14). The van der Waals surface area contributed by atoms with Gasteiger partial charge in [0.25, 0.3) is 0 Å². The van der Waals surface area contributed by atoms with E-state index < -0.39 is 0 Å². The van der Waals surface area contributed by atoms with Crippen LogP contribution in [0.25, 0.3) is 9.88 Å². The van der Waals surface area contributed by atoms with Gasteiger partial charge in [-0.3, -0.25) is 0 Å². The summed E-state index contributed by atoms with van der Waals surface area (Å²) >= 11 is 3.21. The molecule has 0 aliphatic rings.